The van der Waals surface area contributed by atoms with Crippen LogP contribution in [0.1, 0.15) is 10.7 Å². The summed E-state index contributed by atoms with van der Waals surface area (Å²) in [5.74, 6) is 0.817. The normalized spacial score (nSPS) is 11.5. The highest BCUT2D eigenvalue weighted by molar-refractivity contribution is 7.09. The average molecular weight is 212 g/mol. The molecular weight excluding hydrogens is 196 g/mol. The van der Waals surface area contributed by atoms with Crippen molar-refractivity contribution in [3.63, 3.8) is 0 Å². The molecule has 1 aromatic rings. The molecule has 5 heteroatoms. The molecule has 0 bridgehead atoms. The highest BCUT2D eigenvalue weighted by Crippen LogP contribution is 2.07. The molecule has 0 aliphatic rings. The predicted octanol–water partition coefficient (Wildman–Crippen LogP) is 0.789. The maximum absolute atomic E-state index is 4.38. The zero-order valence-corrected chi connectivity index (χ0v) is 9.61. The maximum Gasteiger partial charge on any atom is 0.190 e. The molecule has 0 amide bonds. The summed E-state index contributed by atoms with van der Waals surface area (Å²) < 4.78 is 0. The molecule has 1 rings (SSSR count). The molecule has 0 aromatic carbocycles. The molecule has 0 atom stereocenters. The van der Waals surface area contributed by atoms with E-state index in [2.05, 4.69) is 26.0 Å². The Morgan fingerprint density at radius 2 is 2.43 bits per heavy atom. The standard InChI is InChI=1S/C9H16N4S/c1-7-13-8(6-14-7)4-5-12-9(10-2)11-3/h6H,4-5H2,1-3H3,(H2,10,11,12). The SMILES string of the molecule is CN=C(NC)NCCc1csc(C)n1. The van der Waals surface area contributed by atoms with E-state index in [-0.39, 0.29) is 0 Å². The van der Waals surface area contributed by atoms with Gasteiger partial charge in [0.25, 0.3) is 0 Å². The van der Waals surface area contributed by atoms with Crippen molar-refractivity contribution in [1.82, 2.24) is 15.6 Å². The number of rotatable bonds is 3. The second-order valence-corrected chi connectivity index (χ2v) is 3.92. The Morgan fingerprint density at radius 1 is 1.64 bits per heavy atom. The van der Waals surface area contributed by atoms with Crippen molar-refractivity contribution in [2.75, 3.05) is 20.6 Å². The van der Waals surface area contributed by atoms with Crippen LogP contribution in [0.2, 0.25) is 0 Å². The number of nitrogens with zero attached hydrogens (tertiary/aromatic N) is 2. The van der Waals surface area contributed by atoms with Gasteiger partial charge in [-0.2, -0.15) is 0 Å². The number of aliphatic imine (C=N–C) groups is 1. The lowest BCUT2D eigenvalue weighted by atomic mass is 10.3. The van der Waals surface area contributed by atoms with E-state index in [0.717, 1.165) is 29.6 Å². The Kier molecular flexibility index (Phi) is 4.39. The molecule has 2 N–H and O–H groups in total. The van der Waals surface area contributed by atoms with Crippen LogP contribution in [0.25, 0.3) is 0 Å². The second-order valence-electron chi connectivity index (χ2n) is 2.86. The lowest BCUT2D eigenvalue weighted by Gasteiger charge is -2.06. The average Bonchev–Trinajstić information content (AvgIpc) is 2.59. The molecule has 0 radical (unpaired) electrons. The number of guanidine groups is 1. The fourth-order valence-corrected chi connectivity index (χ4v) is 1.76. The maximum atomic E-state index is 4.38. The lowest BCUT2D eigenvalue weighted by molar-refractivity contribution is 0.818. The van der Waals surface area contributed by atoms with E-state index in [1.165, 1.54) is 0 Å². The van der Waals surface area contributed by atoms with Gasteiger partial charge >= 0.3 is 0 Å². The molecule has 0 aliphatic carbocycles. The van der Waals surface area contributed by atoms with Gasteiger partial charge in [-0.3, -0.25) is 4.99 Å². The van der Waals surface area contributed by atoms with Crippen molar-refractivity contribution in [2.45, 2.75) is 13.3 Å². The van der Waals surface area contributed by atoms with Gasteiger partial charge in [0.2, 0.25) is 0 Å². The summed E-state index contributed by atoms with van der Waals surface area (Å²) in [6.45, 7) is 2.88. The monoisotopic (exact) mass is 212 g/mol. The molecule has 0 unspecified atom stereocenters. The van der Waals surface area contributed by atoms with Gasteiger partial charge < -0.3 is 10.6 Å². The molecule has 78 valence electrons. The third-order valence-electron chi connectivity index (χ3n) is 1.80. The minimum absolute atomic E-state index is 0.817. The van der Waals surface area contributed by atoms with E-state index < -0.39 is 0 Å². The van der Waals surface area contributed by atoms with Crippen LogP contribution in [0.4, 0.5) is 0 Å². The van der Waals surface area contributed by atoms with Crippen LogP contribution in [-0.4, -0.2) is 31.6 Å². The number of aromatic nitrogens is 1. The first-order valence-corrected chi connectivity index (χ1v) is 5.43. The summed E-state index contributed by atoms with van der Waals surface area (Å²) in [6.07, 6.45) is 0.936. The fraction of sp³-hybridized carbons (Fsp3) is 0.556. The zero-order valence-electron chi connectivity index (χ0n) is 8.79. The van der Waals surface area contributed by atoms with Crippen LogP contribution in [-0.2, 0) is 6.42 Å². The van der Waals surface area contributed by atoms with E-state index in [4.69, 9.17) is 0 Å². The van der Waals surface area contributed by atoms with Gasteiger partial charge in [-0.15, -0.1) is 11.3 Å². The Balaban J connectivity index is 2.28. The van der Waals surface area contributed by atoms with Gasteiger partial charge in [0.15, 0.2) is 5.96 Å². The molecule has 14 heavy (non-hydrogen) atoms. The Labute approximate surface area is 88.5 Å². The molecule has 0 aliphatic heterocycles. The van der Waals surface area contributed by atoms with Crippen molar-refractivity contribution in [1.29, 1.82) is 0 Å². The van der Waals surface area contributed by atoms with Crippen LogP contribution < -0.4 is 10.6 Å². The first-order chi connectivity index (χ1) is 6.76. The fourth-order valence-electron chi connectivity index (χ4n) is 1.11. The molecule has 0 saturated carbocycles. The van der Waals surface area contributed by atoms with Gasteiger partial charge in [0.05, 0.1) is 10.7 Å². The smallest absolute Gasteiger partial charge is 0.190 e. The van der Waals surface area contributed by atoms with Crippen molar-refractivity contribution in [3.8, 4) is 0 Å². The van der Waals surface area contributed by atoms with Gasteiger partial charge in [-0.05, 0) is 6.92 Å². The van der Waals surface area contributed by atoms with Crippen LogP contribution in [0.3, 0.4) is 0 Å². The highest BCUT2D eigenvalue weighted by Gasteiger charge is 1.98. The Bertz CT molecular complexity index is 306. The van der Waals surface area contributed by atoms with E-state index >= 15 is 0 Å². The minimum Gasteiger partial charge on any atom is -0.359 e. The highest BCUT2D eigenvalue weighted by atomic mass is 32.1. The van der Waals surface area contributed by atoms with Gasteiger partial charge in [0, 0.05) is 32.4 Å². The summed E-state index contributed by atoms with van der Waals surface area (Å²) in [7, 11) is 3.61. The number of nitrogens with one attached hydrogen (secondary N) is 2. The van der Waals surface area contributed by atoms with Gasteiger partial charge in [0.1, 0.15) is 0 Å². The molecule has 0 fully saturated rings. The Morgan fingerprint density at radius 3 is 2.93 bits per heavy atom. The van der Waals surface area contributed by atoms with E-state index in [1.807, 2.05) is 14.0 Å². The van der Waals surface area contributed by atoms with Gasteiger partial charge in [-0.1, -0.05) is 0 Å². The molecule has 1 aromatic heterocycles. The molecule has 0 spiro atoms. The molecule has 4 nitrogen and oxygen atoms in total. The molecular formula is C9H16N4S. The second kappa shape index (κ2) is 5.59. The third-order valence-corrected chi connectivity index (χ3v) is 2.62. The van der Waals surface area contributed by atoms with Gasteiger partial charge in [-0.25, -0.2) is 4.98 Å². The van der Waals surface area contributed by atoms with Crippen molar-refractivity contribution in [2.24, 2.45) is 4.99 Å². The third kappa shape index (κ3) is 3.33. The minimum atomic E-state index is 0.817. The van der Waals surface area contributed by atoms with Crippen molar-refractivity contribution in [3.05, 3.63) is 16.1 Å². The van der Waals surface area contributed by atoms with Crippen LogP contribution in [0, 0.1) is 6.92 Å². The summed E-state index contributed by atoms with van der Waals surface area (Å²) in [5, 5.41) is 9.36. The first-order valence-electron chi connectivity index (χ1n) is 4.55. The summed E-state index contributed by atoms with van der Waals surface area (Å²) in [4.78, 5) is 8.40. The number of aryl methyl sites for hydroxylation is 1. The van der Waals surface area contributed by atoms with E-state index in [1.54, 1.807) is 18.4 Å². The first kappa shape index (κ1) is 11.0. The topological polar surface area (TPSA) is 49.3 Å². The van der Waals surface area contributed by atoms with Crippen molar-refractivity contribution >= 4 is 17.3 Å². The van der Waals surface area contributed by atoms with Crippen molar-refractivity contribution < 1.29 is 0 Å². The van der Waals surface area contributed by atoms with Crippen LogP contribution in [0.15, 0.2) is 10.4 Å². The number of thiazole rings is 1. The predicted molar refractivity (Wildman–Crippen MR) is 61.0 cm³/mol. The quantitative estimate of drug-likeness (QED) is 0.575. The summed E-state index contributed by atoms with van der Waals surface area (Å²) in [5.41, 5.74) is 1.14. The molecule has 0 saturated heterocycles. The van der Waals surface area contributed by atoms with E-state index in [0.29, 0.717) is 0 Å². The number of hydrogen-bond acceptors (Lipinski definition) is 3. The van der Waals surface area contributed by atoms with E-state index in [9.17, 15) is 0 Å². The largest absolute Gasteiger partial charge is 0.359 e. The molecule has 1 heterocycles. The number of hydrogen-bond donors (Lipinski definition) is 2. The Hall–Kier alpha value is -1.10. The summed E-state index contributed by atoms with van der Waals surface area (Å²) >= 11 is 1.69. The lowest BCUT2D eigenvalue weighted by Crippen LogP contribution is -2.35. The van der Waals surface area contributed by atoms with Crippen LogP contribution >= 0.6 is 11.3 Å². The van der Waals surface area contributed by atoms with Crippen LogP contribution in [0.5, 0.6) is 0 Å². The zero-order chi connectivity index (χ0) is 10.4. The summed E-state index contributed by atoms with van der Waals surface area (Å²) in [6, 6.07) is 0.